The lowest BCUT2D eigenvalue weighted by atomic mass is 9.69. The number of nitrogens with two attached hydrogens (primary N) is 1. The SMILES string of the molecule is NC(=O)c1ccc2c(c1)c(Cl)cn2CC1=CCC(B(O)O)C=C1. The molecule has 1 amide bonds. The fourth-order valence-corrected chi connectivity index (χ4v) is 3.02. The molecule has 1 aliphatic rings. The highest BCUT2D eigenvalue weighted by molar-refractivity contribution is 6.44. The molecule has 5 nitrogen and oxygen atoms in total. The van der Waals surface area contributed by atoms with Crippen LogP contribution in [0.4, 0.5) is 0 Å². The van der Waals surface area contributed by atoms with Crippen molar-refractivity contribution in [3.63, 3.8) is 0 Å². The number of rotatable bonds is 4. The van der Waals surface area contributed by atoms with E-state index in [-0.39, 0.29) is 5.82 Å². The number of nitrogens with zero attached hydrogens (tertiary/aromatic N) is 1. The van der Waals surface area contributed by atoms with Crippen LogP contribution in [0.25, 0.3) is 10.9 Å². The number of carbonyl (C=O) groups is 1. The van der Waals surface area contributed by atoms with Gasteiger partial charge >= 0.3 is 7.12 Å². The Hall–Kier alpha value is -2.02. The van der Waals surface area contributed by atoms with Gasteiger partial charge in [0.25, 0.3) is 0 Å². The Labute approximate surface area is 138 Å². The van der Waals surface area contributed by atoms with Crippen molar-refractivity contribution in [2.75, 3.05) is 0 Å². The van der Waals surface area contributed by atoms with Gasteiger partial charge in [0.1, 0.15) is 0 Å². The molecular weight excluding hydrogens is 314 g/mol. The Morgan fingerprint density at radius 2 is 2.22 bits per heavy atom. The predicted molar refractivity (Wildman–Crippen MR) is 91.2 cm³/mol. The van der Waals surface area contributed by atoms with E-state index in [0.717, 1.165) is 16.5 Å². The largest absolute Gasteiger partial charge is 0.459 e. The number of carbonyl (C=O) groups excluding carboxylic acids is 1. The van der Waals surface area contributed by atoms with Crippen LogP contribution in [0.3, 0.4) is 0 Å². The summed E-state index contributed by atoms with van der Waals surface area (Å²) < 4.78 is 1.99. The molecule has 4 N–H and O–H groups in total. The van der Waals surface area contributed by atoms with E-state index in [2.05, 4.69) is 0 Å². The Balaban J connectivity index is 1.87. The summed E-state index contributed by atoms with van der Waals surface area (Å²) in [5.41, 5.74) is 7.70. The van der Waals surface area contributed by atoms with Crippen LogP contribution >= 0.6 is 11.6 Å². The van der Waals surface area contributed by atoms with Crippen molar-refractivity contribution in [1.82, 2.24) is 4.57 Å². The van der Waals surface area contributed by atoms with Gasteiger partial charge in [-0.3, -0.25) is 4.79 Å². The highest BCUT2D eigenvalue weighted by Gasteiger charge is 2.21. The van der Waals surface area contributed by atoms with Crippen LogP contribution in [-0.4, -0.2) is 27.6 Å². The topological polar surface area (TPSA) is 88.5 Å². The molecule has 0 spiro atoms. The normalized spacial score (nSPS) is 17.3. The summed E-state index contributed by atoms with van der Waals surface area (Å²) in [6, 6.07) is 5.20. The lowest BCUT2D eigenvalue weighted by molar-refractivity contribution is 0.100. The van der Waals surface area contributed by atoms with E-state index in [1.165, 1.54) is 0 Å². The van der Waals surface area contributed by atoms with Crippen molar-refractivity contribution >= 4 is 35.5 Å². The van der Waals surface area contributed by atoms with Gasteiger partial charge in [0.15, 0.2) is 0 Å². The molecule has 1 atom stereocenters. The number of allylic oxidation sites excluding steroid dienone is 4. The number of amides is 1. The van der Waals surface area contributed by atoms with Crippen LogP contribution in [0.15, 0.2) is 48.2 Å². The van der Waals surface area contributed by atoms with E-state index in [9.17, 15) is 14.8 Å². The predicted octanol–water partition coefficient (Wildman–Crippen LogP) is 2.12. The zero-order valence-electron chi connectivity index (χ0n) is 12.3. The Morgan fingerprint density at radius 3 is 2.83 bits per heavy atom. The molecule has 0 aliphatic heterocycles. The third-order valence-corrected chi connectivity index (χ3v) is 4.36. The van der Waals surface area contributed by atoms with Crippen molar-refractivity contribution in [2.45, 2.75) is 18.8 Å². The molecule has 1 heterocycles. The lowest BCUT2D eigenvalue weighted by Gasteiger charge is -2.16. The van der Waals surface area contributed by atoms with Crippen LogP contribution in [0.5, 0.6) is 0 Å². The highest BCUT2D eigenvalue weighted by atomic mass is 35.5. The molecule has 0 bridgehead atoms. The minimum absolute atomic E-state index is 0.262. The second kappa shape index (κ2) is 6.24. The van der Waals surface area contributed by atoms with Gasteiger partial charge in [-0.15, -0.1) is 0 Å². The number of benzene rings is 1. The van der Waals surface area contributed by atoms with Gasteiger partial charge in [-0.25, -0.2) is 0 Å². The first-order chi connectivity index (χ1) is 11.0. The summed E-state index contributed by atoms with van der Waals surface area (Å²) in [5, 5.41) is 19.7. The highest BCUT2D eigenvalue weighted by Crippen LogP contribution is 2.29. The summed E-state index contributed by atoms with van der Waals surface area (Å²) in [6.07, 6.45) is 8.09. The van der Waals surface area contributed by atoms with Gasteiger partial charge < -0.3 is 20.3 Å². The molecule has 1 aliphatic carbocycles. The second-order valence-corrected chi connectivity index (χ2v) is 6.06. The maximum absolute atomic E-state index is 11.3. The molecule has 118 valence electrons. The van der Waals surface area contributed by atoms with Crippen LogP contribution in [0.1, 0.15) is 16.8 Å². The van der Waals surface area contributed by atoms with Crippen molar-refractivity contribution in [3.05, 3.63) is 58.8 Å². The lowest BCUT2D eigenvalue weighted by Crippen LogP contribution is -2.19. The fourth-order valence-electron chi connectivity index (χ4n) is 2.75. The minimum Gasteiger partial charge on any atom is -0.427 e. The minimum atomic E-state index is -1.34. The van der Waals surface area contributed by atoms with E-state index in [1.807, 2.05) is 29.0 Å². The summed E-state index contributed by atoms with van der Waals surface area (Å²) >= 11 is 6.26. The molecule has 0 saturated heterocycles. The van der Waals surface area contributed by atoms with Crippen LogP contribution in [0.2, 0.25) is 10.8 Å². The molecular formula is C16H16BClN2O3. The fraction of sp³-hybridized carbons (Fsp3) is 0.188. The van der Waals surface area contributed by atoms with E-state index in [4.69, 9.17) is 17.3 Å². The number of aromatic nitrogens is 1. The Bertz CT molecular complexity index is 826. The quantitative estimate of drug-likeness (QED) is 0.750. The van der Waals surface area contributed by atoms with Gasteiger partial charge in [0.2, 0.25) is 5.91 Å². The van der Waals surface area contributed by atoms with Gasteiger partial charge in [0, 0.05) is 35.0 Å². The number of fused-ring (bicyclic) bond motifs is 1. The Morgan fingerprint density at radius 1 is 1.43 bits per heavy atom. The first-order valence-electron chi connectivity index (χ1n) is 7.27. The molecule has 7 heteroatoms. The van der Waals surface area contributed by atoms with E-state index < -0.39 is 13.0 Å². The van der Waals surface area contributed by atoms with Crippen molar-refractivity contribution in [1.29, 1.82) is 0 Å². The number of primary amides is 1. The maximum atomic E-state index is 11.3. The van der Waals surface area contributed by atoms with Crippen LogP contribution in [-0.2, 0) is 6.54 Å². The molecule has 0 fully saturated rings. The molecule has 1 aromatic carbocycles. The third-order valence-electron chi connectivity index (χ3n) is 4.06. The average Bonchev–Trinajstić information content (AvgIpc) is 2.83. The molecule has 1 unspecified atom stereocenters. The van der Waals surface area contributed by atoms with Crippen LogP contribution < -0.4 is 5.73 Å². The summed E-state index contributed by atoms with van der Waals surface area (Å²) in [7, 11) is -1.34. The molecule has 23 heavy (non-hydrogen) atoms. The standard InChI is InChI=1S/C16H16BClN2O3/c18-14-9-20(8-10-1-4-12(5-2-10)17(22)23)15-6-3-11(16(19)21)7-13(14)15/h1-4,6-7,9,12,22-23H,5,8H2,(H2,19,21). The summed E-state index contributed by atoms with van der Waals surface area (Å²) in [5.74, 6) is -0.746. The van der Waals surface area contributed by atoms with Gasteiger partial charge in [-0.05, 0) is 30.2 Å². The summed E-state index contributed by atoms with van der Waals surface area (Å²) in [4.78, 5) is 11.3. The molecule has 0 saturated carbocycles. The number of hydrogen-bond donors (Lipinski definition) is 3. The average molecular weight is 331 g/mol. The first kappa shape index (κ1) is 15.9. The maximum Gasteiger partial charge on any atom is 0.459 e. The number of halogens is 1. The molecule has 0 radical (unpaired) electrons. The zero-order chi connectivity index (χ0) is 16.6. The van der Waals surface area contributed by atoms with Gasteiger partial charge in [-0.2, -0.15) is 0 Å². The van der Waals surface area contributed by atoms with E-state index >= 15 is 0 Å². The third kappa shape index (κ3) is 3.19. The van der Waals surface area contributed by atoms with Crippen molar-refractivity contribution in [3.8, 4) is 0 Å². The molecule has 2 aromatic rings. The Kier molecular flexibility index (Phi) is 4.30. The van der Waals surface area contributed by atoms with Gasteiger partial charge in [-0.1, -0.05) is 29.8 Å². The van der Waals surface area contributed by atoms with Crippen molar-refractivity contribution in [2.24, 2.45) is 5.73 Å². The molecule has 3 rings (SSSR count). The monoisotopic (exact) mass is 330 g/mol. The van der Waals surface area contributed by atoms with E-state index in [0.29, 0.717) is 23.6 Å². The van der Waals surface area contributed by atoms with E-state index in [1.54, 1.807) is 18.2 Å². The van der Waals surface area contributed by atoms with Crippen LogP contribution in [0, 0.1) is 0 Å². The zero-order valence-corrected chi connectivity index (χ0v) is 13.1. The second-order valence-electron chi connectivity index (χ2n) is 5.65. The molecule has 1 aromatic heterocycles. The smallest absolute Gasteiger partial charge is 0.427 e. The first-order valence-corrected chi connectivity index (χ1v) is 7.65. The van der Waals surface area contributed by atoms with Gasteiger partial charge in [0.05, 0.1) is 5.02 Å². The summed E-state index contributed by atoms with van der Waals surface area (Å²) in [6.45, 7) is 0.615. The number of hydrogen-bond acceptors (Lipinski definition) is 3. The van der Waals surface area contributed by atoms with Crippen molar-refractivity contribution < 1.29 is 14.8 Å².